The largest absolute Gasteiger partial charge is 0.486 e. The third-order valence-electron chi connectivity index (χ3n) is 3.04. The van der Waals surface area contributed by atoms with Crippen LogP contribution < -0.4 is 15.2 Å². The van der Waals surface area contributed by atoms with Gasteiger partial charge in [-0.25, -0.2) is 0 Å². The molecular weight excluding hydrogens is 230 g/mol. The lowest BCUT2D eigenvalue weighted by Gasteiger charge is -2.20. The summed E-state index contributed by atoms with van der Waals surface area (Å²) < 4.78 is 11.2. The highest BCUT2D eigenvalue weighted by Crippen LogP contribution is 2.37. The Kier molecular flexibility index (Phi) is 2.59. The molecule has 0 saturated heterocycles. The number of aromatic nitrogens is 2. The minimum atomic E-state index is 0.488. The average Bonchev–Trinajstić information content (AvgIpc) is 2.83. The van der Waals surface area contributed by atoms with E-state index in [-0.39, 0.29) is 0 Å². The molecule has 1 aromatic heterocycles. The fourth-order valence-corrected chi connectivity index (χ4v) is 2.15. The number of nitrogens with one attached hydrogen (secondary N) is 1. The summed E-state index contributed by atoms with van der Waals surface area (Å²) in [5.41, 5.74) is 8.80. The van der Waals surface area contributed by atoms with E-state index in [9.17, 15) is 0 Å². The Morgan fingerprint density at radius 1 is 1.22 bits per heavy atom. The van der Waals surface area contributed by atoms with E-state index in [1.165, 1.54) is 5.56 Å². The molecule has 1 aromatic carbocycles. The molecule has 0 spiro atoms. The number of nitrogens with two attached hydrogens (primary N) is 1. The number of hydrogen-bond acceptors (Lipinski definition) is 4. The molecule has 3 N–H and O–H groups in total. The Labute approximate surface area is 105 Å². The number of aromatic amines is 1. The van der Waals surface area contributed by atoms with Crippen LogP contribution in [0.4, 0.5) is 5.82 Å². The van der Waals surface area contributed by atoms with E-state index in [2.05, 4.69) is 17.1 Å². The zero-order valence-corrected chi connectivity index (χ0v) is 10.2. The van der Waals surface area contributed by atoms with E-state index in [0.29, 0.717) is 19.0 Å². The first kappa shape index (κ1) is 11.0. The molecule has 2 heterocycles. The first-order chi connectivity index (χ1) is 8.78. The summed E-state index contributed by atoms with van der Waals surface area (Å²) >= 11 is 0. The maximum absolute atomic E-state index is 5.65. The summed E-state index contributed by atoms with van der Waals surface area (Å²) in [6.07, 6.45) is 0.908. The second-order valence-corrected chi connectivity index (χ2v) is 4.21. The third kappa shape index (κ3) is 1.77. The highest BCUT2D eigenvalue weighted by atomic mass is 16.6. The first-order valence-electron chi connectivity index (χ1n) is 6.01. The molecule has 5 heteroatoms. The summed E-state index contributed by atoms with van der Waals surface area (Å²) in [5, 5.41) is 6.89. The summed E-state index contributed by atoms with van der Waals surface area (Å²) in [7, 11) is 0. The standard InChI is InChI=1S/C13H15N3O2/c1-2-8-5-11-12(18-4-3-17-11)6-9(8)10-7-13(14)16-15-10/h5-7H,2-4H2,1H3,(H3,14,15,16). The minimum Gasteiger partial charge on any atom is -0.486 e. The third-order valence-corrected chi connectivity index (χ3v) is 3.04. The predicted molar refractivity (Wildman–Crippen MR) is 68.8 cm³/mol. The van der Waals surface area contributed by atoms with Crippen LogP contribution in [0.15, 0.2) is 18.2 Å². The molecule has 0 fully saturated rings. The SMILES string of the molecule is CCc1cc2c(cc1-c1cc(N)n[nH]1)OCCO2. The monoisotopic (exact) mass is 245 g/mol. The number of anilines is 1. The van der Waals surface area contributed by atoms with E-state index >= 15 is 0 Å². The molecule has 0 aliphatic carbocycles. The van der Waals surface area contributed by atoms with Crippen molar-refractivity contribution in [2.24, 2.45) is 0 Å². The smallest absolute Gasteiger partial charge is 0.162 e. The van der Waals surface area contributed by atoms with Crippen molar-refractivity contribution in [1.29, 1.82) is 0 Å². The summed E-state index contributed by atoms with van der Waals surface area (Å²) in [4.78, 5) is 0. The van der Waals surface area contributed by atoms with Gasteiger partial charge in [-0.05, 0) is 24.1 Å². The van der Waals surface area contributed by atoms with Gasteiger partial charge in [-0.3, -0.25) is 5.10 Å². The number of H-pyrrole nitrogens is 1. The van der Waals surface area contributed by atoms with Crippen LogP contribution in [0, 0.1) is 0 Å². The molecule has 0 saturated carbocycles. The molecular formula is C13H15N3O2. The Balaban J connectivity index is 2.12. The number of ether oxygens (including phenoxy) is 2. The predicted octanol–water partition coefficient (Wildman–Crippen LogP) is 1.99. The van der Waals surface area contributed by atoms with Crippen molar-refractivity contribution in [2.45, 2.75) is 13.3 Å². The maximum atomic E-state index is 5.65. The molecule has 94 valence electrons. The van der Waals surface area contributed by atoms with Gasteiger partial charge in [0.2, 0.25) is 0 Å². The molecule has 0 amide bonds. The lowest BCUT2D eigenvalue weighted by molar-refractivity contribution is 0.171. The number of benzene rings is 1. The summed E-state index contributed by atoms with van der Waals surface area (Å²) in [6.45, 7) is 3.30. The van der Waals surface area contributed by atoms with Gasteiger partial charge in [0.05, 0.1) is 5.69 Å². The van der Waals surface area contributed by atoms with Crippen LogP contribution in [0.5, 0.6) is 11.5 Å². The highest BCUT2D eigenvalue weighted by molar-refractivity contribution is 5.70. The lowest BCUT2D eigenvalue weighted by atomic mass is 10.0. The number of nitrogens with zero attached hydrogens (tertiary/aromatic N) is 1. The molecule has 2 aromatic rings. The molecule has 5 nitrogen and oxygen atoms in total. The molecule has 0 bridgehead atoms. The van der Waals surface area contributed by atoms with E-state index in [0.717, 1.165) is 29.2 Å². The van der Waals surface area contributed by atoms with Crippen molar-refractivity contribution < 1.29 is 9.47 Å². The van der Waals surface area contributed by atoms with Crippen LogP contribution in [0.25, 0.3) is 11.3 Å². The molecule has 0 atom stereocenters. The van der Waals surface area contributed by atoms with Gasteiger partial charge in [0, 0.05) is 11.6 Å². The second-order valence-electron chi connectivity index (χ2n) is 4.21. The minimum absolute atomic E-state index is 0.488. The molecule has 1 aliphatic rings. The van der Waals surface area contributed by atoms with Crippen LogP contribution in [0.1, 0.15) is 12.5 Å². The average molecular weight is 245 g/mol. The lowest BCUT2D eigenvalue weighted by Crippen LogP contribution is -2.15. The number of hydrogen-bond donors (Lipinski definition) is 2. The van der Waals surface area contributed by atoms with Crippen LogP contribution in [0.3, 0.4) is 0 Å². The number of rotatable bonds is 2. The topological polar surface area (TPSA) is 73.2 Å². The van der Waals surface area contributed by atoms with Crippen molar-refractivity contribution in [1.82, 2.24) is 10.2 Å². The number of aryl methyl sites for hydroxylation is 1. The van der Waals surface area contributed by atoms with E-state index in [1.54, 1.807) is 0 Å². The quantitative estimate of drug-likeness (QED) is 0.848. The Morgan fingerprint density at radius 3 is 2.56 bits per heavy atom. The van der Waals surface area contributed by atoms with Gasteiger partial charge in [0.15, 0.2) is 11.5 Å². The Hall–Kier alpha value is -2.17. The Bertz CT molecular complexity index is 578. The van der Waals surface area contributed by atoms with Crippen molar-refractivity contribution in [3.63, 3.8) is 0 Å². The maximum Gasteiger partial charge on any atom is 0.162 e. The van der Waals surface area contributed by atoms with Crippen LogP contribution in [0.2, 0.25) is 0 Å². The molecule has 18 heavy (non-hydrogen) atoms. The fourth-order valence-electron chi connectivity index (χ4n) is 2.15. The summed E-state index contributed by atoms with van der Waals surface area (Å²) in [5.74, 6) is 2.08. The second kappa shape index (κ2) is 4.25. The van der Waals surface area contributed by atoms with Gasteiger partial charge in [0.25, 0.3) is 0 Å². The first-order valence-corrected chi connectivity index (χ1v) is 6.01. The number of fused-ring (bicyclic) bond motifs is 1. The summed E-state index contributed by atoms with van der Waals surface area (Å²) in [6, 6.07) is 5.84. The molecule has 0 radical (unpaired) electrons. The van der Waals surface area contributed by atoms with Gasteiger partial charge < -0.3 is 15.2 Å². The van der Waals surface area contributed by atoms with Gasteiger partial charge in [-0.1, -0.05) is 6.92 Å². The van der Waals surface area contributed by atoms with Crippen LogP contribution >= 0.6 is 0 Å². The van der Waals surface area contributed by atoms with Crippen molar-refractivity contribution >= 4 is 5.82 Å². The van der Waals surface area contributed by atoms with Gasteiger partial charge >= 0.3 is 0 Å². The Morgan fingerprint density at radius 2 is 1.94 bits per heavy atom. The van der Waals surface area contributed by atoms with E-state index in [1.807, 2.05) is 18.2 Å². The zero-order valence-electron chi connectivity index (χ0n) is 10.2. The van der Waals surface area contributed by atoms with E-state index < -0.39 is 0 Å². The van der Waals surface area contributed by atoms with Crippen molar-refractivity contribution in [2.75, 3.05) is 18.9 Å². The van der Waals surface area contributed by atoms with Crippen molar-refractivity contribution in [3.8, 4) is 22.8 Å². The molecule has 1 aliphatic heterocycles. The zero-order chi connectivity index (χ0) is 12.5. The highest BCUT2D eigenvalue weighted by Gasteiger charge is 2.16. The van der Waals surface area contributed by atoms with Gasteiger partial charge in [0.1, 0.15) is 19.0 Å². The molecule has 0 unspecified atom stereocenters. The van der Waals surface area contributed by atoms with E-state index in [4.69, 9.17) is 15.2 Å². The fraction of sp³-hybridized carbons (Fsp3) is 0.308. The van der Waals surface area contributed by atoms with Crippen LogP contribution in [-0.2, 0) is 6.42 Å². The molecule has 3 rings (SSSR count). The normalized spacial score (nSPS) is 13.6. The number of nitrogen functional groups attached to an aromatic ring is 1. The van der Waals surface area contributed by atoms with Crippen molar-refractivity contribution in [3.05, 3.63) is 23.8 Å². The van der Waals surface area contributed by atoms with Gasteiger partial charge in [-0.2, -0.15) is 5.10 Å². The van der Waals surface area contributed by atoms with Crippen LogP contribution in [-0.4, -0.2) is 23.4 Å². The van der Waals surface area contributed by atoms with Gasteiger partial charge in [-0.15, -0.1) is 0 Å².